The van der Waals surface area contributed by atoms with E-state index in [1.165, 1.54) is 6.07 Å². The highest BCUT2D eigenvalue weighted by Gasteiger charge is 2.14. The average Bonchev–Trinajstić information content (AvgIpc) is 2.36. The minimum atomic E-state index is -0.244. The maximum absolute atomic E-state index is 13.6. The molecule has 0 bridgehead atoms. The summed E-state index contributed by atoms with van der Waals surface area (Å²) in [6, 6.07) is 6.64. The second-order valence-corrected chi connectivity index (χ2v) is 5.99. The minimum absolute atomic E-state index is 0.244. The van der Waals surface area contributed by atoms with Gasteiger partial charge in [0.05, 0.1) is 9.26 Å². The number of rotatable bonds is 3. The van der Waals surface area contributed by atoms with Gasteiger partial charge in [-0.2, -0.15) is 0 Å². The second kappa shape index (κ2) is 6.13. The van der Waals surface area contributed by atoms with Crippen LogP contribution in [0.1, 0.15) is 36.8 Å². The number of benzene rings is 1. The molecule has 2 aromatic rings. The van der Waals surface area contributed by atoms with Crippen LogP contribution >= 0.6 is 34.2 Å². The van der Waals surface area contributed by atoms with Crippen LogP contribution in [0.4, 0.5) is 4.39 Å². The van der Waals surface area contributed by atoms with Gasteiger partial charge in [-0.15, -0.1) is 0 Å². The van der Waals surface area contributed by atoms with Crippen LogP contribution in [0, 0.1) is 9.39 Å². The fourth-order valence-corrected chi connectivity index (χ4v) is 2.81. The van der Waals surface area contributed by atoms with Gasteiger partial charge in [-0.25, -0.2) is 14.4 Å². The normalized spacial score (nSPS) is 11.1. The third kappa shape index (κ3) is 3.42. The minimum Gasteiger partial charge on any atom is -0.236 e. The van der Waals surface area contributed by atoms with Gasteiger partial charge in [0, 0.05) is 6.42 Å². The highest BCUT2D eigenvalue weighted by Crippen LogP contribution is 2.25. The molecule has 0 atom stereocenters. The summed E-state index contributed by atoms with van der Waals surface area (Å²) in [5.41, 5.74) is 1.49. The average molecular weight is 391 g/mol. The third-order valence-corrected chi connectivity index (χ3v) is 4.39. The molecule has 0 aliphatic heterocycles. The van der Waals surface area contributed by atoms with E-state index in [9.17, 15) is 4.39 Å². The number of aromatic nitrogens is 2. The lowest BCUT2D eigenvalue weighted by Gasteiger charge is -2.11. The molecule has 0 radical (unpaired) electrons. The third-order valence-electron chi connectivity index (χ3n) is 2.74. The Kier molecular flexibility index (Phi) is 4.73. The van der Waals surface area contributed by atoms with E-state index < -0.39 is 0 Å². The van der Waals surface area contributed by atoms with E-state index in [1.807, 2.05) is 13.8 Å². The predicted molar refractivity (Wildman–Crippen MR) is 83.1 cm³/mol. The van der Waals surface area contributed by atoms with Gasteiger partial charge in [-0.3, -0.25) is 0 Å². The summed E-state index contributed by atoms with van der Waals surface area (Å²) in [7, 11) is 0. The summed E-state index contributed by atoms with van der Waals surface area (Å²) >= 11 is 8.26. The van der Waals surface area contributed by atoms with Crippen molar-refractivity contribution in [2.45, 2.75) is 26.2 Å². The van der Waals surface area contributed by atoms with E-state index in [0.29, 0.717) is 23.0 Å². The molecule has 0 saturated carbocycles. The Hall–Kier alpha value is -0.750. The van der Waals surface area contributed by atoms with Gasteiger partial charge >= 0.3 is 0 Å². The summed E-state index contributed by atoms with van der Waals surface area (Å²) in [5.74, 6) is 0.567. The molecule has 0 amide bonds. The highest BCUT2D eigenvalue weighted by atomic mass is 127. The topological polar surface area (TPSA) is 25.8 Å². The first kappa shape index (κ1) is 14.7. The Balaban J connectivity index is 2.39. The van der Waals surface area contributed by atoms with Crippen molar-refractivity contribution in [1.82, 2.24) is 9.97 Å². The van der Waals surface area contributed by atoms with Crippen molar-refractivity contribution in [2.24, 2.45) is 0 Å². The zero-order valence-corrected chi connectivity index (χ0v) is 13.5. The summed E-state index contributed by atoms with van der Waals surface area (Å²) in [5, 5.41) is 0.436. The maximum atomic E-state index is 13.6. The standard InChI is InChI=1S/C14H13ClFIN2/c1-8(2)13-12(17)14(15)19-11(18-13)7-9-5-3-4-6-10(9)16/h3-6,8H,7H2,1-2H3. The van der Waals surface area contributed by atoms with E-state index in [0.717, 1.165) is 9.26 Å². The largest absolute Gasteiger partial charge is 0.236 e. The van der Waals surface area contributed by atoms with Crippen LogP contribution in [0.25, 0.3) is 0 Å². The molecule has 1 aromatic heterocycles. The molecule has 1 heterocycles. The van der Waals surface area contributed by atoms with Crippen LogP contribution in [0.3, 0.4) is 0 Å². The summed E-state index contributed by atoms with van der Waals surface area (Å²) < 4.78 is 14.5. The van der Waals surface area contributed by atoms with Crippen molar-refractivity contribution in [3.8, 4) is 0 Å². The molecule has 1 aromatic carbocycles. The zero-order chi connectivity index (χ0) is 14.0. The lowest BCUT2D eigenvalue weighted by Crippen LogP contribution is -2.06. The van der Waals surface area contributed by atoms with Gasteiger partial charge < -0.3 is 0 Å². The Morgan fingerprint density at radius 2 is 1.95 bits per heavy atom. The molecule has 2 rings (SSSR count). The van der Waals surface area contributed by atoms with Gasteiger partial charge in [0.1, 0.15) is 16.8 Å². The van der Waals surface area contributed by atoms with Gasteiger partial charge in [0.15, 0.2) is 0 Å². The molecule has 0 aliphatic carbocycles. The highest BCUT2D eigenvalue weighted by molar-refractivity contribution is 14.1. The van der Waals surface area contributed by atoms with Crippen LogP contribution in [0.2, 0.25) is 5.15 Å². The van der Waals surface area contributed by atoms with Crippen LogP contribution in [0.15, 0.2) is 24.3 Å². The molecule has 0 saturated heterocycles. The molecule has 0 fully saturated rings. The van der Waals surface area contributed by atoms with Crippen LogP contribution in [-0.2, 0) is 6.42 Å². The monoisotopic (exact) mass is 390 g/mol. The van der Waals surface area contributed by atoms with Gasteiger partial charge in [-0.05, 0) is 40.1 Å². The van der Waals surface area contributed by atoms with Crippen molar-refractivity contribution in [1.29, 1.82) is 0 Å². The summed E-state index contributed by atoms with van der Waals surface area (Å²) in [6.07, 6.45) is 0.350. The first-order valence-electron chi connectivity index (χ1n) is 5.94. The zero-order valence-electron chi connectivity index (χ0n) is 10.6. The van der Waals surface area contributed by atoms with Gasteiger partial charge in [0.2, 0.25) is 0 Å². The smallest absolute Gasteiger partial charge is 0.146 e. The van der Waals surface area contributed by atoms with E-state index in [4.69, 9.17) is 11.6 Å². The molecule has 19 heavy (non-hydrogen) atoms. The van der Waals surface area contributed by atoms with Crippen LogP contribution < -0.4 is 0 Å². The lowest BCUT2D eigenvalue weighted by atomic mass is 10.1. The number of nitrogens with zero attached hydrogens (tertiary/aromatic N) is 2. The van der Waals surface area contributed by atoms with Crippen LogP contribution in [0.5, 0.6) is 0 Å². The predicted octanol–water partition coefficient (Wildman–Crippen LogP) is 4.59. The molecule has 0 aliphatic rings. The second-order valence-electron chi connectivity index (χ2n) is 4.55. The Bertz CT molecular complexity index is 602. The molecule has 0 spiro atoms. The van der Waals surface area contributed by atoms with Crippen molar-refractivity contribution in [2.75, 3.05) is 0 Å². The fourth-order valence-electron chi connectivity index (χ4n) is 1.75. The lowest BCUT2D eigenvalue weighted by molar-refractivity contribution is 0.611. The molecule has 5 heteroatoms. The summed E-state index contributed by atoms with van der Waals surface area (Å²) in [4.78, 5) is 8.73. The first-order valence-corrected chi connectivity index (χ1v) is 7.40. The molecule has 2 nitrogen and oxygen atoms in total. The molecular formula is C14H13ClFIN2. The summed E-state index contributed by atoms with van der Waals surface area (Å²) in [6.45, 7) is 4.10. The van der Waals surface area contributed by atoms with Crippen LogP contribution in [-0.4, -0.2) is 9.97 Å². The fraction of sp³-hybridized carbons (Fsp3) is 0.286. The SMILES string of the molecule is CC(C)c1nc(Cc2ccccc2F)nc(Cl)c1I. The van der Waals surface area contributed by atoms with Crippen molar-refractivity contribution in [3.05, 3.63) is 55.9 Å². The Labute approximate surface area is 130 Å². The van der Waals surface area contributed by atoms with E-state index in [1.54, 1.807) is 18.2 Å². The number of hydrogen-bond acceptors (Lipinski definition) is 2. The maximum Gasteiger partial charge on any atom is 0.146 e. The van der Waals surface area contributed by atoms with E-state index in [2.05, 4.69) is 32.6 Å². The Morgan fingerprint density at radius 1 is 1.26 bits per heavy atom. The number of hydrogen-bond donors (Lipinski definition) is 0. The van der Waals surface area contributed by atoms with Crippen molar-refractivity contribution < 1.29 is 4.39 Å². The number of halogens is 3. The molecular weight excluding hydrogens is 378 g/mol. The van der Waals surface area contributed by atoms with Crippen molar-refractivity contribution in [3.63, 3.8) is 0 Å². The van der Waals surface area contributed by atoms with Gasteiger partial charge in [0.25, 0.3) is 0 Å². The quantitative estimate of drug-likeness (QED) is 0.566. The van der Waals surface area contributed by atoms with E-state index in [-0.39, 0.29) is 11.7 Å². The van der Waals surface area contributed by atoms with E-state index >= 15 is 0 Å². The van der Waals surface area contributed by atoms with Gasteiger partial charge in [-0.1, -0.05) is 43.6 Å². The first-order chi connectivity index (χ1) is 8.99. The molecule has 0 unspecified atom stereocenters. The molecule has 0 N–H and O–H groups in total. The van der Waals surface area contributed by atoms with Crippen molar-refractivity contribution >= 4 is 34.2 Å². The Morgan fingerprint density at radius 3 is 2.58 bits per heavy atom. The molecule has 100 valence electrons.